The van der Waals surface area contributed by atoms with Crippen molar-refractivity contribution in [2.75, 3.05) is 38.5 Å². The van der Waals surface area contributed by atoms with Gasteiger partial charge in [-0.05, 0) is 62.4 Å². The number of anilines is 1. The number of nitrogens with one attached hydrogen (secondary N) is 1. The molecule has 1 saturated heterocycles. The molecule has 1 aliphatic heterocycles. The number of hydrogen-bond acceptors (Lipinski definition) is 5. The van der Waals surface area contributed by atoms with Crippen molar-refractivity contribution in [3.8, 4) is 5.75 Å². The second-order valence-corrected chi connectivity index (χ2v) is 9.49. The SMILES string of the molecule is CCC(Oc1cccc(C)c1)C(=O)Nc1ccc(S(=O)(=O)N2CCN(C)CC2)cc1. The van der Waals surface area contributed by atoms with Gasteiger partial charge in [-0.3, -0.25) is 4.79 Å². The summed E-state index contributed by atoms with van der Waals surface area (Å²) in [6.07, 6.45) is -0.129. The van der Waals surface area contributed by atoms with Crippen LogP contribution in [0.25, 0.3) is 0 Å². The summed E-state index contributed by atoms with van der Waals surface area (Å²) in [5.41, 5.74) is 1.59. The lowest BCUT2D eigenvalue weighted by Gasteiger charge is -2.31. The lowest BCUT2D eigenvalue weighted by Crippen LogP contribution is -2.46. The van der Waals surface area contributed by atoms with E-state index in [0.29, 0.717) is 44.0 Å². The average molecular weight is 432 g/mol. The Kier molecular flexibility index (Phi) is 7.12. The largest absolute Gasteiger partial charge is 0.481 e. The Morgan fingerprint density at radius 1 is 1.10 bits per heavy atom. The van der Waals surface area contributed by atoms with Crippen LogP contribution in [0.2, 0.25) is 0 Å². The van der Waals surface area contributed by atoms with E-state index in [0.717, 1.165) is 5.56 Å². The second kappa shape index (κ2) is 9.59. The van der Waals surface area contributed by atoms with E-state index in [9.17, 15) is 13.2 Å². The van der Waals surface area contributed by atoms with Gasteiger partial charge in [-0.25, -0.2) is 8.42 Å². The van der Waals surface area contributed by atoms with Gasteiger partial charge in [0.1, 0.15) is 5.75 Å². The van der Waals surface area contributed by atoms with E-state index in [-0.39, 0.29) is 10.8 Å². The van der Waals surface area contributed by atoms with Crippen molar-refractivity contribution in [3.05, 3.63) is 54.1 Å². The number of carbonyl (C=O) groups excluding carboxylic acids is 1. The van der Waals surface area contributed by atoms with Gasteiger partial charge in [0.05, 0.1) is 4.90 Å². The molecule has 7 nitrogen and oxygen atoms in total. The Hall–Kier alpha value is -2.42. The number of sulfonamides is 1. The van der Waals surface area contributed by atoms with Crippen LogP contribution in [-0.4, -0.2) is 62.9 Å². The van der Waals surface area contributed by atoms with E-state index in [4.69, 9.17) is 4.74 Å². The van der Waals surface area contributed by atoms with Crippen LogP contribution in [0.4, 0.5) is 5.69 Å². The van der Waals surface area contributed by atoms with Crippen molar-refractivity contribution < 1.29 is 17.9 Å². The summed E-state index contributed by atoms with van der Waals surface area (Å²) in [5.74, 6) is 0.374. The molecule has 1 fully saturated rings. The molecule has 1 unspecified atom stereocenters. The van der Waals surface area contributed by atoms with Crippen LogP contribution in [0.5, 0.6) is 5.75 Å². The summed E-state index contributed by atoms with van der Waals surface area (Å²) in [4.78, 5) is 15.0. The molecule has 0 saturated carbocycles. The Labute approximate surface area is 178 Å². The molecule has 1 amide bonds. The summed E-state index contributed by atoms with van der Waals surface area (Å²) in [7, 11) is -1.55. The van der Waals surface area contributed by atoms with Gasteiger partial charge in [0.2, 0.25) is 10.0 Å². The summed E-state index contributed by atoms with van der Waals surface area (Å²) < 4.78 is 33.0. The molecule has 1 heterocycles. The average Bonchev–Trinajstić information content (AvgIpc) is 2.72. The van der Waals surface area contributed by atoms with Crippen LogP contribution in [0.1, 0.15) is 18.9 Å². The highest BCUT2D eigenvalue weighted by Crippen LogP contribution is 2.21. The van der Waals surface area contributed by atoms with E-state index >= 15 is 0 Å². The summed E-state index contributed by atoms with van der Waals surface area (Å²) >= 11 is 0. The van der Waals surface area contributed by atoms with Gasteiger partial charge in [0.25, 0.3) is 5.91 Å². The molecule has 0 aliphatic carbocycles. The van der Waals surface area contributed by atoms with Gasteiger partial charge >= 0.3 is 0 Å². The lowest BCUT2D eigenvalue weighted by atomic mass is 10.2. The highest BCUT2D eigenvalue weighted by atomic mass is 32.2. The zero-order valence-corrected chi connectivity index (χ0v) is 18.5. The van der Waals surface area contributed by atoms with Crippen LogP contribution >= 0.6 is 0 Å². The molecule has 1 N–H and O–H groups in total. The molecule has 162 valence electrons. The summed E-state index contributed by atoms with van der Waals surface area (Å²) in [5, 5.41) is 2.81. The predicted octanol–water partition coefficient (Wildman–Crippen LogP) is 2.73. The zero-order valence-electron chi connectivity index (χ0n) is 17.7. The molecule has 30 heavy (non-hydrogen) atoms. The minimum atomic E-state index is -3.53. The lowest BCUT2D eigenvalue weighted by molar-refractivity contribution is -0.122. The Bertz CT molecular complexity index is 968. The molecule has 1 aliphatic rings. The minimum Gasteiger partial charge on any atom is -0.481 e. The van der Waals surface area contributed by atoms with E-state index < -0.39 is 16.1 Å². The molecular weight excluding hydrogens is 402 g/mol. The Morgan fingerprint density at radius 2 is 1.77 bits per heavy atom. The third-order valence-electron chi connectivity index (χ3n) is 5.15. The third-order valence-corrected chi connectivity index (χ3v) is 7.07. The highest BCUT2D eigenvalue weighted by Gasteiger charge is 2.27. The number of benzene rings is 2. The topological polar surface area (TPSA) is 78.9 Å². The van der Waals surface area contributed by atoms with Crippen molar-refractivity contribution >= 4 is 21.6 Å². The van der Waals surface area contributed by atoms with Crippen molar-refractivity contribution in [2.45, 2.75) is 31.3 Å². The van der Waals surface area contributed by atoms with Gasteiger partial charge < -0.3 is 15.0 Å². The maximum Gasteiger partial charge on any atom is 0.265 e. The van der Waals surface area contributed by atoms with E-state index in [1.807, 2.05) is 45.2 Å². The van der Waals surface area contributed by atoms with Gasteiger partial charge in [0.15, 0.2) is 6.10 Å². The standard InChI is InChI=1S/C22H29N3O4S/c1-4-21(29-19-7-5-6-17(2)16-19)22(26)23-18-8-10-20(11-9-18)30(27,28)25-14-12-24(3)13-15-25/h5-11,16,21H,4,12-15H2,1-3H3,(H,23,26). The molecule has 0 aromatic heterocycles. The molecule has 8 heteroatoms. The first kappa shape index (κ1) is 22.3. The van der Waals surface area contributed by atoms with Crippen molar-refractivity contribution in [1.29, 1.82) is 0 Å². The van der Waals surface area contributed by atoms with Gasteiger partial charge in [-0.15, -0.1) is 0 Å². The molecular formula is C22H29N3O4S. The smallest absolute Gasteiger partial charge is 0.265 e. The number of aryl methyl sites for hydroxylation is 1. The Morgan fingerprint density at radius 3 is 2.37 bits per heavy atom. The van der Waals surface area contributed by atoms with Gasteiger partial charge in [0, 0.05) is 31.9 Å². The number of rotatable bonds is 7. The van der Waals surface area contributed by atoms with E-state index in [2.05, 4.69) is 10.2 Å². The number of nitrogens with zero attached hydrogens (tertiary/aromatic N) is 2. The minimum absolute atomic E-state index is 0.230. The third kappa shape index (κ3) is 5.38. The zero-order chi connectivity index (χ0) is 21.7. The molecule has 0 spiro atoms. The van der Waals surface area contributed by atoms with E-state index in [1.54, 1.807) is 12.1 Å². The predicted molar refractivity (Wildman–Crippen MR) is 117 cm³/mol. The normalized spacial score (nSPS) is 16.8. The molecule has 2 aromatic rings. The molecule has 1 atom stereocenters. The quantitative estimate of drug-likeness (QED) is 0.729. The van der Waals surface area contributed by atoms with E-state index in [1.165, 1.54) is 16.4 Å². The van der Waals surface area contributed by atoms with Crippen molar-refractivity contribution in [2.24, 2.45) is 0 Å². The summed E-state index contributed by atoms with van der Waals surface area (Å²) in [6.45, 7) is 6.23. The molecule has 2 aromatic carbocycles. The van der Waals surface area contributed by atoms with Crippen molar-refractivity contribution in [3.63, 3.8) is 0 Å². The van der Waals surface area contributed by atoms with Gasteiger partial charge in [-0.2, -0.15) is 4.31 Å². The highest BCUT2D eigenvalue weighted by molar-refractivity contribution is 7.89. The van der Waals surface area contributed by atoms with Crippen molar-refractivity contribution in [1.82, 2.24) is 9.21 Å². The van der Waals surface area contributed by atoms with Crippen LogP contribution in [-0.2, 0) is 14.8 Å². The number of piperazine rings is 1. The fraction of sp³-hybridized carbons (Fsp3) is 0.409. The molecule has 0 bridgehead atoms. The monoisotopic (exact) mass is 431 g/mol. The maximum atomic E-state index is 12.8. The Balaban J connectivity index is 1.64. The number of hydrogen-bond donors (Lipinski definition) is 1. The first-order valence-electron chi connectivity index (χ1n) is 10.1. The first-order chi connectivity index (χ1) is 14.3. The fourth-order valence-corrected chi connectivity index (χ4v) is 4.71. The number of likely N-dealkylation sites (N-methyl/N-ethyl adjacent to an activating group) is 1. The number of amides is 1. The summed E-state index contributed by atoms with van der Waals surface area (Å²) in [6, 6.07) is 13.8. The van der Waals surface area contributed by atoms with Crippen LogP contribution < -0.4 is 10.1 Å². The first-order valence-corrected chi connectivity index (χ1v) is 11.6. The van der Waals surface area contributed by atoms with Crippen LogP contribution in [0.15, 0.2) is 53.4 Å². The van der Waals surface area contributed by atoms with Gasteiger partial charge in [-0.1, -0.05) is 19.1 Å². The van der Waals surface area contributed by atoms with Crippen LogP contribution in [0.3, 0.4) is 0 Å². The van der Waals surface area contributed by atoms with Crippen LogP contribution in [0, 0.1) is 6.92 Å². The number of carbonyl (C=O) groups is 1. The number of ether oxygens (including phenoxy) is 1. The maximum absolute atomic E-state index is 12.8. The molecule has 3 rings (SSSR count). The second-order valence-electron chi connectivity index (χ2n) is 7.55. The fourth-order valence-electron chi connectivity index (χ4n) is 3.29. The molecule has 0 radical (unpaired) electrons.